The van der Waals surface area contributed by atoms with E-state index in [9.17, 15) is 9.18 Å². The standard InChI is InChI=1S/C15H14FN5O2/c1-3-8-23-14(22)12-9(2)17-15-18-19-20-21(15)13(12)10-4-6-11(16)7-5-10/h3-7,13H,1,8H2,2H3,(H,17,18,20)/t13-/m0/s1. The lowest BCUT2D eigenvalue weighted by Gasteiger charge is -2.27. The fourth-order valence-corrected chi connectivity index (χ4v) is 2.44. The van der Waals surface area contributed by atoms with Crippen LogP contribution in [0.2, 0.25) is 0 Å². The summed E-state index contributed by atoms with van der Waals surface area (Å²) in [5, 5.41) is 14.4. The van der Waals surface area contributed by atoms with Crippen LogP contribution < -0.4 is 5.32 Å². The van der Waals surface area contributed by atoms with E-state index in [-0.39, 0.29) is 12.4 Å². The molecule has 7 nitrogen and oxygen atoms in total. The second-order valence-corrected chi connectivity index (χ2v) is 4.95. The quantitative estimate of drug-likeness (QED) is 0.685. The predicted octanol–water partition coefficient (Wildman–Crippen LogP) is 1.83. The topological polar surface area (TPSA) is 81.9 Å². The average Bonchev–Trinajstić information content (AvgIpc) is 3.00. The molecule has 0 fully saturated rings. The van der Waals surface area contributed by atoms with E-state index in [1.807, 2.05) is 0 Å². The molecule has 118 valence electrons. The number of fused-ring (bicyclic) bond motifs is 1. The number of hydrogen-bond donors (Lipinski definition) is 1. The Kier molecular flexibility index (Phi) is 3.88. The van der Waals surface area contributed by atoms with Gasteiger partial charge in [-0.05, 0) is 35.0 Å². The molecule has 0 amide bonds. The lowest BCUT2D eigenvalue weighted by Crippen LogP contribution is -2.29. The fraction of sp³-hybridized carbons (Fsp3) is 0.200. The molecule has 0 spiro atoms. The van der Waals surface area contributed by atoms with Crippen LogP contribution in [0.4, 0.5) is 10.3 Å². The van der Waals surface area contributed by atoms with Gasteiger partial charge in [-0.3, -0.25) is 0 Å². The Bertz CT molecular complexity index is 781. The lowest BCUT2D eigenvalue weighted by atomic mass is 9.96. The van der Waals surface area contributed by atoms with Gasteiger partial charge in [0.05, 0.1) is 5.57 Å². The van der Waals surface area contributed by atoms with Crippen molar-refractivity contribution in [3.8, 4) is 0 Å². The summed E-state index contributed by atoms with van der Waals surface area (Å²) in [6.07, 6.45) is 1.49. The van der Waals surface area contributed by atoms with Crippen molar-refractivity contribution in [2.75, 3.05) is 11.9 Å². The molecule has 0 radical (unpaired) electrons. The van der Waals surface area contributed by atoms with Crippen LogP contribution in [0.25, 0.3) is 0 Å². The van der Waals surface area contributed by atoms with Crippen molar-refractivity contribution >= 4 is 11.9 Å². The summed E-state index contributed by atoms with van der Waals surface area (Å²) >= 11 is 0. The number of nitrogens with zero attached hydrogens (tertiary/aromatic N) is 4. The highest BCUT2D eigenvalue weighted by Gasteiger charge is 2.34. The predicted molar refractivity (Wildman–Crippen MR) is 79.8 cm³/mol. The summed E-state index contributed by atoms with van der Waals surface area (Å²) in [7, 11) is 0. The normalized spacial score (nSPS) is 16.5. The van der Waals surface area contributed by atoms with Crippen LogP contribution in [0.15, 0.2) is 48.2 Å². The summed E-state index contributed by atoms with van der Waals surface area (Å²) in [4.78, 5) is 12.4. The smallest absolute Gasteiger partial charge is 0.338 e. The number of rotatable bonds is 4. The van der Waals surface area contributed by atoms with E-state index in [2.05, 4.69) is 27.4 Å². The van der Waals surface area contributed by atoms with Gasteiger partial charge in [0.2, 0.25) is 5.95 Å². The molecule has 0 bridgehead atoms. The molecule has 0 unspecified atom stereocenters. The second-order valence-electron chi connectivity index (χ2n) is 4.95. The van der Waals surface area contributed by atoms with Crippen LogP contribution in [-0.2, 0) is 9.53 Å². The minimum absolute atomic E-state index is 0.0915. The minimum Gasteiger partial charge on any atom is -0.458 e. The van der Waals surface area contributed by atoms with Gasteiger partial charge in [0.1, 0.15) is 18.5 Å². The number of halogens is 1. The Morgan fingerprint density at radius 1 is 1.48 bits per heavy atom. The van der Waals surface area contributed by atoms with Crippen molar-refractivity contribution in [1.82, 2.24) is 20.2 Å². The maximum atomic E-state index is 13.2. The molecule has 1 N–H and O–H groups in total. The number of ether oxygens (including phenoxy) is 1. The van der Waals surface area contributed by atoms with Gasteiger partial charge in [0, 0.05) is 5.70 Å². The van der Waals surface area contributed by atoms with Crippen molar-refractivity contribution in [1.29, 1.82) is 0 Å². The molecule has 0 aliphatic carbocycles. The minimum atomic E-state index is -0.598. The van der Waals surface area contributed by atoms with Crippen LogP contribution in [0.3, 0.4) is 0 Å². The van der Waals surface area contributed by atoms with Crippen molar-refractivity contribution in [3.05, 3.63) is 59.6 Å². The number of hydrogen-bond acceptors (Lipinski definition) is 6. The fourth-order valence-electron chi connectivity index (χ4n) is 2.44. The van der Waals surface area contributed by atoms with Gasteiger partial charge in [-0.1, -0.05) is 29.9 Å². The molecule has 1 aliphatic heterocycles. The van der Waals surface area contributed by atoms with E-state index in [1.165, 1.54) is 22.9 Å². The molecule has 2 heterocycles. The number of anilines is 1. The van der Waals surface area contributed by atoms with Crippen molar-refractivity contribution in [2.24, 2.45) is 0 Å². The van der Waals surface area contributed by atoms with Crippen molar-refractivity contribution in [2.45, 2.75) is 13.0 Å². The highest BCUT2D eigenvalue weighted by atomic mass is 19.1. The Labute approximate surface area is 131 Å². The zero-order valence-corrected chi connectivity index (χ0v) is 12.4. The van der Waals surface area contributed by atoms with Gasteiger partial charge in [-0.2, -0.15) is 4.68 Å². The highest BCUT2D eigenvalue weighted by Crippen LogP contribution is 2.34. The lowest BCUT2D eigenvalue weighted by molar-refractivity contribution is -0.138. The van der Waals surface area contributed by atoms with Crippen LogP contribution in [-0.4, -0.2) is 32.8 Å². The third kappa shape index (κ3) is 2.70. The molecule has 0 saturated heterocycles. The summed E-state index contributed by atoms with van der Waals surface area (Å²) in [5.74, 6) is -0.474. The number of tetrazole rings is 1. The van der Waals surface area contributed by atoms with Gasteiger partial charge >= 0.3 is 5.97 Å². The molecule has 1 atom stereocenters. The molecule has 1 aromatic carbocycles. The summed E-state index contributed by atoms with van der Waals surface area (Å²) in [6, 6.07) is 5.22. The highest BCUT2D eigenvalue weighted by molar-refractivity contribution is 5.92. The van der Waals surface area contributed by atoms with Crippen molar-refractivity contribution < 1.29 is 13.9 Å². The maximum absolute atomic E-state index is 13.2. The van der Waals surface area contributed by atoms with E-state index in [0.717, 1.165) is 0 Å². The van der Waals surface area contributed by atoms with E-state index in [0.29, 0.717) is 22.8 Å². The Hall–Kier alpha value is -3.03. The van der Waals surface area contributed by atoms with Crippen molar-refractivity contribution in [3.63, 3.8) is 0 Å². The van der Waals surface area contributed by atoms with E-state index in [4.69, 9.17) is 4.74 Å². The third-order valence-corrected chi connectivity index (χ3v) is 3.45. The first-order chi connectivity index (χ1) is 11.1. The van der Waals surface area contributed by atoms with Crippen LogP contribution in [0.1, 0.15) is 18.5 Å². The molecule has 23 heavy (non-hydrogen) atoms. The number of benzene rings is 1. The molecular formula is C15H14FN5O2. The van der Waals surface area contributed by atoms with E-state index in [1.54, 1.807) is 19.1 Å². The summed E-state index contributed by atoms with van der Waals surface area (Å²) < 4.78 is 19.8. The molecule has 1 aromatic heterocycles. The first kappa shape index (κ1) is 14.9. The zero-order valence-electron chi connectivity index (χ0n) is 12.4. The third-order valence-electron chi connectivity index (χ3n) is 3.45. The monoisotopic (exact) mass is 315 g/mol. The first-order valence-corrected chi connectivity index (χ1v) is 6.91. The van der Waals surface area contributed by atoms with Gasteiger partial charge in [0.25, 0.3) is 0 Å². The van der Waals surface area contributed by atoms with Crippen LogP contribution >= 0.6 is 0 Å². The Balaban J connectivity index is 2.08. The molecule has 3 rings (SSSR count). The Morgan fingerprint density at radius 2 is 2.22 bits per heavy atom. The van der Waals surface area contributed by atoms with E-state index >= 15 is 0 Å². The molecule has 1 aliphatic rings. The number of allylic oxidation sites excluding steroid dienone is 1. The number of carbonyl (C=O) groups is 1. The number of nitrogens with one attached hydrogen (secondary N) is 1. The zero-order chi connectivity index (χ0) is 16.4. The van der Waals surface area contributed by atoms with Gasteiger partial charge in [-0.15, -0.1) is 0 Å². The summed E-state index contributed by atoms with van der Waals surface area (Å²) in [5.41, 5.74) is 1.61. The average molecular weight is 315 g/mol. The largest absolute Gasteiger partial charge is 0.458 e. The molecule has 8 heteroatoms. The second kappa shape index (κ2) is 5.99. The molecular weight excluding hydrogens is 301 g/mol. The molecule has 2 aromatic rings. The molecule has 0 saturated carbocycles. The maximum Gasteiger partial charge on any atom is 0.338 e. The van der Waals surface area contributed by atoms with Crippen LogP contribution in [0, 0.1) is 5.82 Å². The van der Waals surface area contributed by atoms with Gasteiger partial charge in [-0.25, -0.2) is 9.18 Å². The first-order valence-electron chi connectivity index (χ1n) is 6.91. The number of aromatic nitrogens is 4. The Morgan fingerprint density at radius 3 is 2.91 bits per heavy atom. The SMILES string of the molecule is C=CCOC(=O)C1=C(C)Nc2nnnn2[C@H]1c1ccc(F)cc1. The summed E-state index contributed by atoms with van der Waals surface area (Å²) in [6.45, 7) is 5.35. The van der Waals surface area contributed by atoms with E-state index < -0.39 is 12.0 Å². The number of esters is 1. The van der Waals surface area contributed by atoms with Gasteiger partial charge in [0.15, 0.2) is 0 Å². The van der Waals surface area contributed by atoms with Crippen LogP contribution in [0.5, 0.6) is 0 Å². The number of carbonyl (C=O) groups excluding carboxylic acids is 1. The van der Waals surface area contributed by atoms with Gasteiger partial charge < -0.3 is 10.1 Å².